The van der Waals surface area contributed by atoms with E-state index in [4.69, 9.17) is 42.2 Å². The van der Waals surface area contributed by atoms with Crippen LogP contribution in [-0.4, -0.2) is 137 Å². The van der Waals surface area contributed by atoms with Crippen LogP contribution in [0, 0.1) is 23.3 Å². The van der Waals surface area contributed by atoms with Crippen molar-refractivity contribution >= 4 is 177 Å². The normalized spacial score (nSPS) is 13.7. The fourth-order valence-electron chi connectivity index (χ4n) is 13.8. The van der Waals surface area contributed by atoms with E-state index in [1.165, 1.54) is 54.6 Å². The van der Waals surface area contributed by atoms with Gasteiger partial charge in [0.15, 0.2) is 33.9 Å². The number of carbonyl (C=O) groups excluding carboxylic acids is 4. The molecule has 2 saturated heterocycles. The number of aromatic nitrogens is 4. The van der Waals surface area contributed by atoms with E-state index in [1.54, 1.807) is 83.5 Å². The van der Waals surface area contributed by atoms with Crippen LogP contribution in [0.15, 0.2) is 163 Å². The van der Waals surface area contributed by atoms with Crippen molar-refractivity contribution in [1.29, 1.82) is 0 Å². The van der Waals surface area contributed by atoms with Gasteiger partial charge in [0.2, 0.25) is 11.5 Å². The molecule has 0 radical (unpaired) electrons. The van der Waals surface area contributed by atoms with E-state index >= 15 is 0 Å². The van der Waals surface area contributed by atoms with Crippen LogP contribution in [0.25, 0.3) is 89.4 Å². The number of amides is 3. The molecule has 32 heteroatoms. The Bertz CT molecular complexity index is 5710. The zero-order chi connectivity index (χ0) is 91.4. The van der Waals surface area contributed by atoms with E-state index in [9.17, 15) is 41.5 Å². The van der Waals surface area contributed by atoms with E-state index in [1.807, 2.05) is 89.5 Å². The Labute approximate surface area is 801 Å². The number of hydrogen-bond donors (Lipinski definition) is 2. The van der Waals surface area contributed by atoms with Crippen LogP contribution in [0.3, 0.4) is 0 Å². The molecule has 12 aromatic rings. The number of nitrogens with zero attached hydrogens (tertiary/aromatic N) is 7. The van der Waals surface area contributed by atoms with Crippen molar-refractivity contribution in [2.45, 2.75) is 177 Å². The van der Waals surface area contributed by atoms with Crippen molar-refractivity contribution in [3.63, 3.8) is 0 Å². The van der Waals surface area contributed by atoms with Gasteiger partial charge in [0, 0.05) is 89.8 Å². The Kier molecular flexibility index (Phi) is 37.3. The molecule has 3 amide bonds. The molecule has 0 atom stereocenters. The number of ether oxygens (including phenoxy) is 2. The Balaban J connectivity index is 0.000000252. The van der Waals surface area contributed by atoms with Gasteiger partial charge in [0.25, 0.3) is 11.8 Å². The molecular formula is C92H106ClF4I5N8O12V2. The van der Waals surface area contributed by atoms with Gasteiger partial charge in [-0.3, -0.25) is 9.59 Å². The summed E-state index contributed by atoms with van der Waals surface area (Å²) in [5, 5.41) is 11.4. The third kappa shape index (κ3) is 27.3. The molecule has 0 saturated carbocycles. The van der Waals surface area contributed by atoms with Gasteiger partial charge >= 0.3 is 117 Å². The predicted octanol–water partition coefficient (Wildman–Crippen LogP) is 21.7. The molecule has 0 spiro atoms. The van der Waals surface area contributed by atoms with Crippen molar-refractivity contribution < 1.29 is 112 Å². The van der Waals surface area contributed by atoms with Gasteiger partial charge in [-0.2, -0.15) is 0 Å². The van der Waals surface area contributed by atoms with Crippen LogP contribution in [-0.2, 0) is 50.1 Å². The minimum absolute atomic E-state index is 0. The van der Waals surface area contributed by atoms with Crippen LogP contribution in [0.1, 0.15) is 204 Å². The molecule has 124 heavy (non-hydrogen) atoms. The first-order chi connectivity index (χ1) is 57.5. The van der Waals surface area contributed by atoms with Crippen molar-refractivity contribution in [1.82, 2.24) is 34.6 Å². The maximum absolute atomic E-state index is 13.7. The van der Waals surface area contributed by atoms with Gasteiger partial charge in [-0.1, -0.05) is 106 Å². The van der Waals surface area contributed by atoms with Crippen LogP contribution >= 0.6 is 103 Å². The van der Waals surface area contributed by atoms with Crippen LogP contribution in [0.4, 0.5) is 22.4 Å². The average molecular weight is 2370 g/mol. The summed E-state index contributed by atoms with van der Waals surface area (Å²) in [4.78, 5) is 88.5. The summed E-state index contributed by atoms with van der Waals surface area (Å²) in [6.45, 7) is 43.7. The number of fused-ring (bicyclic) bond motifs is 4. The number of carboxylic acids is 1. The van der Waals surface area contributed by atoms with E-state index in [0.29, 0.717) is 112 Å². The number of carboxylic acid groups (broad SMARTS) is 1. The molecule has 2 aliphatic heterocycles. The first-order valence-electron chi connectivity index (χ1n) is 39.4. The summed E-state index contributed by atoms with van der Waals surface area (Å²) in [6.07, 6.45) is -0.385. The van der Waals surface area contributed by atoms with Gasteiger partial charge in [-0.25, -0.2) is 51.9 Å². The van der Waals surface area contributed by atoms with Crippen molar-refractivity contribution in [3.05, 3.63) is 214 Å². The average Bonchev–Trinajstić information content (AvgIpc) is 1.65. The number of esters is 1. The van der Waals surface area contributed by atoms with E-state index in [2.05, 4.69) is 194 Å². The second-order valence-electron chi connectivity index (χ2n) is 35.4. The monoisotopic (exact) mass is 2360 g/mol. The summed E-state index contributed by atoms with van der Waals surface area (Å²) >= 11 is 11.6. The second kappa shape index (κ2) is 44.3. The Morgan fingerprint density at radius 2 is 0.742 bits per heavy atom. The van der Waals surface area contributed by atoms with E-state index in [0.717, 1.165) is 63.3 Å². The number of rotatable bonds is 9. The molecule has 8 aromatic heterocycles. The number of furan rings is 4. The minimum atomic E-state index is -1.13. The standard InChI is InChI=1S/C29H36FN3O4.C24H28FN3O2.C20H20FNO3.C18H16FNO3.CH3I.ClH.4HI.2V.H2/c1-27(2,3)20-15-21(18-9-11-19(30)12-10-18)31-22-16-23(36-24(20)22)25(34)33-14-13-32(17-29(33,7)8)26(35)37-28(4,5)6;1-23(2,3)17-12-18(15-6-8-16(25)9-7-15)27-19-13-20(30-21(17)19)22(29)28-11-10-26-14-24(28,4)5;1-5-24-19(23)17-11-16-18(25-17)14(20(2,3)4)10-15(22-16)12-6-8-13(21)9-7-12;1-18(2,3)12-8-13(10-4-6-11(19)7-5-10)20-14-9-15(17(21)22)23-16(12)14;1-2;;;;;;;;/h9-12,15-16H,13-14,17H2,1-8H3;6-9,12-13,26H,10-11,14H2,1-5H3;6-11H,5H2,1-4H3;4-9H,1-3H3,(H,21,22);1H3;5*1H;;;1H/q;;;;;;;;;;2*+2;/p-4/i;;;;;;;;;;;;1+2. The van der Waals surface area contributed by atoms with Gasteiger partial charge < -0.3 is 64.7 Å². The molecule has 10 heterocycles. The topological polar surface area (TPSA) is 254 Å². The maximum atomic E-state index is 13.7. The summed E-state index contributed by atoms with van der Waals surface area (Å²) < 4.78 is 87.2. The third-order valence-corrected chi connectivity index (χ3v) is 19.8. The molecule has 14 rings (SSSR count). The van der Waals surface area contributed by atoms with Crippen molar-refractivity contribution in [2.24, 2.45) is 0 Å². The van der Waals surface area contributed by atoms with Crippen LogP contribution in [0.5, 0.6) is 0 Å². The number of nitrogens with two attached hydrogens (primary N) is 1. The summed E-state index contributed by atoms with van der Waals surface area (Å²) in [7, 11) is 1.25. The number of quaternary nitrogens is 1. The molecule has 3 N–H and O–H groups in total. The van der Waals surface area contributed by atoms with Gasteiger partial charge in [-0.15, -0.1) is 0 Å². The quantitative estimate of drug-likeness (QED) is 0.0589. The van der Waals surface area contributed by atoms with Crippen LogP contribution in [0.2, 0.25) is 0 Å². The second-order valence-corrected chi connectivity index (χ2v) is 59.0. The molecule has 2 aliphatic rings. The zero-order valence-electron chi connectivity index (χ0n) is 73.1. The number of piperazine rings is 2. The Morgan fingerprint density at radius 3 is 1.02 bits per heavy atom. The van der Waals surface area contributed by atoms with E-state index < -0.39 is 23.1 Å². The fraction of sp³-hybridized carbons (Fsp3) is 0.380. The number of pyridine rings is 4. The third-order valence-electron chi connectivity index (χ3n) is 19.8. The fourth-order valence-corrected chi connectivity index (χ4v) is 13.8. The van der Waals surface area contributed by atoms with Crippen molar-refractivity contribution in [2.75, 3.05) is 50.8 Å². The molecule has 666 valence electrons. The number of hydrogen-bond acceptors (Lipinski definition) is 15. The number of aromatic carboxylic acids is 1. The molecule has 0 unspecified atom stereocenters. The number of halogens is 10. The number of carbonyl (C=O) groups is 5. The SMILES string of the molecule is CC(C)(C)OC(=O)N1CCN(C(=O)c2cc3nc(-c4ccc(F)cc4)cc(C(C)(C)C)c3o2)C(C)(C)C1.CC(C)(C)c1cc(-c2ccc(F)cc2)nc2cc(C(=O)N3CC[NH2+]CC3(C)C)oc12.CC(C)(C)c1cc(-c2ccc(F)cc2)nc2cc(C(=O)O)oc12.CCOC(=O)c1cc2nc(-c3ccc(F)cc3)cc(C(C)(C)C)c2o1.CI.[3HH].[Cl-].[I][V][I].[I][V][I]. The van der Waals surface area contributed by atoms with E-state index in [-0.39, 0.29) is 106 Å². The van der Waals surface area contributed by atoms with Crippen molar-refractivity contribution in [3.8, 4) is 45.0 Å². The molecule has 0 bridgehead atoms. The summed E-state index contributed by atoms with van der Waals surface area (Å²) in [5.41, 5.74) is 11.7. The van der Waals surface area contributed by atoms with Gasteiger partial charge in [0.05, 0.1) is 60.1 Å². The molecule has 4 aromatic carbocycles. The summed E-state index contributed by atoms with van der Waals surface area (Å²) in [6, 6.07) is 38.8. The first kappa shape index (κ1) is 105. The van der Waals surface area contributed by atoms with Crippen LogP contribution < -0.4 is 17.7 Å². The first-order valence-corrected chi connectivity index (χ1v) is 59.6. The van der Waals surface area contributed by atoms with Gasteiger partial charge in [0.1, 0.15) is 50.9 Å². The zero-order valence-corrected chi connectivity index (χ0v) is 87.5. The molecule has 0 aliphatic carbocycles. The molecular weight excluding hydrogens is 2260 g/mol. The van der Waals surface area contributed by atoms with Gasteiger partial charge in [-0.05, 0) is 203 Å². The Hall–Kier alpha value is -6.42. The number of benzene rings is 4. The molecule has 2 fully saturated rings. The molecule has 20 nitrogen and oxygen atoms in total. The Morgan fingerprint density at radius 1 is 0.460 bits per heavy atom. The predicted molar refractivity (Wildman–Crippen MR) is 513 cm³/mol. The number of alkyl halides is 1. The summed E-state index contributed by atoms with van der Waals surface area (Å²) in [5.74, 6) is -2.71.